The maximum absolute atomic E-state index is 14.4. The highest BCUT2D eigenvalue weighted by molar-refractivity contribution is 9.12. The standard InChI is InChI=1S/C28H22Br2Cl2FNO3/c1-27(2)23(25(29)28(30,32)17-9-11-18(31)12-10-17)24(27)26(35)37-22(15-34)16-8-13-20(33)21(14-16)36-19-6-4-3-5-7-19/h3-14,22-25H,1-2H3/t22?,23-,24+,25-,28-/m0/s1. The van der Waals surface area contributed by atoms with Gasteiger partial charge in [-0.1, -0.05) is 93.7 Å². The van der Waals surface area contributed by atoms with E-state index in [9.17, 15) is 14.4 Å². The highest BCUT2D eigenvalue weighted by Gasteiger charge is 2.68. The molecule has 192 valence electrons. The topological polar surface area (TPSA) is 59.3 Å². The summed E-state index contributed by atoms with van der Waals surface area (Å²) in [6.45, 7) is 3.90. The van der Waals surface area contributed by atoms with Crippen LogP contribution in [0.4, 0.5) is 4.39 Å². The second kappa shape index (κ2) is 10.9. The Balaban J connectivity index is 1.50. The molecule has 1 saturated carbocycles. The van der Waals surface area contributed by atoms with Gasteiger partial charge >= 0.3 is 5.97 Å². The number of alkyl halides is 3. The van der Waals surface area contributed by atoms with Crippen molar-refractivity contribution < 1.29 is 18.7 Å². The molecule has 0 radical (unpaired) electrons. The van der Waals surface area contributed by atoms with Gasteiger partial charge in [0.15, 0.2) is 11.6 Å². The maximum atomic E-state index is 14.4. The van der Waals surface area contributed by atoms with Crippen LogP contribution in [-0.4, -0.2) is 10.8 Å². The number of benzene rings is 3. The highest BCUT2D eigenvalue weighted by atomic mass is 79.9. The van der Waals surface area contributed by atoms with Gasteiger partial charge in [-0.15, -0.1) is 11.6 Å². The molecule has 0 amide bonds. The molecule has 37 heavy (non-hydrogen) atoms. The van der Waals surface area contributed by atoms with Crippen molar-refractivity contribution >= 4 is 61.0 Å². The lowest BCUT2D eigenvalue weighted by atomic mass is 10.0. The second-order valence-electron chi connectivity index (χ2n) is 9.41. The molecule has 5 atom stereocenters. The molecule has 0 N–H and O–H groups in total. The van der Waals surface area contributed by atoms with Crippen molar-refractivity contribution in [1.29, 1.82) is 5.26 Å². The Morgan fingerprint density at radius 1 is 1.14 bits per heavy atom. The summed E-state index contributed by atoms with van der Waals surface area (Å²) in [4.78, 5) is 12.9. The van der Waals surface area contributed by atoms with E-state index in [1.54, 1.807) is 36.4 Å². The number of rotatable bonds is 8. The zero-order chi connectivity index (χ0) is 27.0. The van der Waals surface area contributed by atoms with E-state index in [0.717, 1.165) is 5.56 Å². The van der Waals surface area contributed by atoms with Gasteiger partial charge in [-0.3, -0.25) is 4.79 Å². The van der Waals surface area contributed by atoms with Gasteiger partial charge in [-0.05, 0) is 53.3 Å². The number of para-hydroxylation sites is 1. The lowest BCUT2D eigenvalue weighted by molar-refractivity contribution is -0.149. The van der Waals surface area contributed by atoms with Crippen molar-refractivity contribution in [2.75, 3.05) is 0 Å². The number of nitrogens with zero attached hydrogens (tertiary/aromatic N) is 1. The molecule has 1 fully saturated rings. The maximum Gasteiger partial charge on any atom is 0.311 e. The van der Waals surface area contributed by atoms with Gasteiger partial charge < -0.3 is 9.47 Å². The zero-order valence-corrected chi connectivity index (χ0v) is 24.5. The smallest absolute Gasteiger partial charge is 0.311 e. The fraction of sp³-hybridized carbons (Fsp3) is 0.286. The molecule has 0 heterocycles. The monoisotopic (exact) mass is 667 g/mol. The fourth-order valence-electron chi connectivity index (χ4n) is 4.47. The fourth-order valence-corrected chi connectivity index (χ4v) is 6.65. The summed E-state index contributed by atoms with van der Waals surface area (Å²) in [5.41, 5.74) is 0.639. The Labute approximate surface area is 241 Å². The quantitative estimate of drug-likeness (QED) is 0.178. The molecule has 9 heteroatoms. The van der Waals surface area contributed by atoms with E-state index < -0.39 is 33.0 Å². The molecule has 0 aromatic heterocycles. The van der Waals surface area contributed by atoms with E-state index in [2.05, 4.69) is 31.9 Å². The van der Waals surface area contributed by atoms with Crippen LogP contribution in [0.2, 0.25) is 5.02 Å². The number of carbonyl (C=O) groups is 1. The van der Waals surface area contributed by atoms with E-state index in [-0.39, 0.29) is 16.5 Å². The van der Waals surface area contributed by atoms with Gasteiger partial charge in [-0.25, -0.2) is 4.39 Å². The van der Waals surface area contributed by atoms with Crippen LogP contribution >= 0.6 is 55.1 Å². The Hall–Kier alpha value is -2.11. The minimum absolute atomic E-state index is 0.0701. The lowest BCUT2D eigenvalue weighted by Gasteiger charge is -2.28. The molecule has 4 rings (SSSR count). The van der Waals surface area contributed by atoms with Crippen LogP contribution in [0.5, 0.6) is 11.5 Å². The predicted octanol–water partition coefficient (Wildman–Crippen LogP) is 8.90. The summed E-state index contributed by atoms with van der Waals surface area (Å²) in [5, 5.41) is 10.4. The molecular weight excluding hydrogens is 648 g/mol. The van der Waals surface area contributed by atoms with E-state index >= 15 is 0 Å². The Kier molecular flexibility index (Phi) is 8.25. The molecule has 1 aliphatic rings. The number of nitriles is 1. The van der Waals surface area contributed by atoms with Gasteiger partial charge in [0.05, 0.1) is 10.7 Å². The third-order valence-electron chi connectivity index (χ3n) is 6.64. The minimum Gasteiger partial charge on any atom is -0.454 e. The highest BCUT2D eigenvalue weighted by Crippen LogP contribution is 2.66. The molecule has 3 aromatic rings. The predicted molar refractivity (Wildman–Crippen MR) is 149 cm³/mol. The number of hydrogen-bond acceptors (Lipinski definition) is 4. The van der Waals surface area contributed by atoms with Crippen LogP contribution in [0.15, 0.2) is 72.8 Å². The summed E-state index contributed by atoms with van der Waals surface area (Å²) >= 11 is 20.2. The number of esters is 1. The average molecular weight is 670 g/mol. The summed E-state index contributed by atoms with van der Waals surface area (Å²) in [6, 6.07) is 21.8. The van der Waals surface area contributed by atoms with Gasteiger partial charge in [-0.2, -0.15) is 5.26 Å². The average Bonchev–Trinajstić information content (AvgIpc) is 3.45. The summed E-state index contributed by atoms with van der Waals surface area (Å²) < 4.78 is 24.6. The lowest BCUT2D eigenvalue weighted by Crippen LogP contribution is -2.27. The van der Waals surface area contributed by atoms with Crippen molar-refractivity contribution in [3.8, 4) is 17.6 Å². The van der Waals surface area contributed by atoms with Gasteiger partial charge in [0.25, 0.3) is 0 Å². The Morgan fingerprint density at radius 3 is 2.41 bits per heavy atom. The van der Waals surface area contributed by atoms with Crippen molar-refractivity contribution in [3.63, 3.8) is 0 Å². The first-order valence-electron chi connectivity index (χ1n) is 11.4. The Bertz CT molecular complexity index is 1330. The van der Waals surface area contributed by atoms with Crippen molar-refractivity contribution in [2.45, 2.75) is 28.6 Å². The van der Waals surface area contributed by atoms with E-state index in [1.807, 2.05) is 38.1 Å². The summed E-state index contributed by atoms with van der Waals surface area (Å²) in [5.74, 6) is -1.47. The van der Waals surface area contributed by atoms with E-state index in [0.29, 0.717) is 16.3 Å². The van der Waals surface area contributed by atoms with Crippen LogP contribution in [0.3, 0.4) is 0 Å². The SMILES string of the molecule is CC1(C)[C@H]([C@H](Br)[C@](Cl)(Br)c2ccc(Cl)cc2)[C@@H]1C(=O)OC(C#N)c1ccc(F)c(Oc2ccccc2)c1. The van der Waals surface area contributed by atoms with Crippen molar-refractivity contribution in [1.82, 2.24) is 0 Å². The van der Waals surface area contributed by atoms with Crippen LogP contribution < -0.4 is 4.74 Å². The molecule has 0 aliphatic heterocycles. The van der Waals surface area contributed by atoms with Gasteiger partial charge in [0.1, 0.15) is 15.6 Å². The molecule has 1 unspecified atom stereocenters. The molecule has 3 aromatic carbocycles. The second-order valence-corrected chi connectivity index (χ2v) is 13.1. The van der Waals surface area contributed by atoms with Gasteiger partial charge in [0.2, 0.25) is 6.10 Å². The van der Waals surface area contributed by atoms with Crippen LogP contribution in [0.25, 0.3) is 0 Å². The largest absolute Gasteiger partial charge is 0.454 e. The molecule has 0 bridgehead atoms. The molecular formula is C28H22Br2Cl2FNO3. The third-order valence-corrected chi connectivity index (χ3v) is 10.4. The molecule has 0 saturated heterocycles. The number of halogens is 5. The van der Waals surface area contributed by atoms with Crippen LogP contribution in [0.1, 0.15) is 31.1 Å². The summed E-state index contributed by atoms with van der Waals surface area (Å²) in [7, 11) is 0. The van der Waals surface area contributed by atoms with Crippen LogP contribution in [0, 0.1) is 34.4 Å². The van der Waals surface area contributed by atoms with Crippen LogP contribution in [-0.2, 0) is 13.3 Å². The first-order valence-corrected chi connectivity index (χ1v) is 13.8. The minimum atomic E-state index is -1.24. The normalized spacial score (nSPS) is 21.1. The number of ether oxygens (including phenoxy) is 2. The number of carbonyl (C=O) groups excluding carboxylic acids is 1. The first-order chi connectivity index (χ1) is 17.5. The summed E-state index contributed by atoms with van der Waals surface area (Å²) in [6.07, 6.45) is -1.24. The van der Waals surface area contributed by atoms with Crippen molar-refractivity contribution in [3.05, 3.63) is 94.8 Å². The third kappa shape index (κ3) is 5.83. The number of hydrogen-bond donors (Lipinski definition) is 0. The van der Waals surface area contributed by atoms with E-state index in [1.165, 1.54) is 18.2 Å². The molecule has 4 nitrogen and oxygen atoms in total. The zero-order valence-electron chi connectivity index (χ0n) is 19.8. The van der Waals surface area contributed by atoms with Gasteiger partial charge in [0, 0.05) is 10.6 Å². The Morgan fingerprint density at radius 2 is 1.78 bits per heavy atom. The first kappa shape index (κ1) is 27.9. The molecule has 1 aliphatic carbocycles. The van der Waals surface area contributed by atoms with E-state index in [4.69, 9.17) is 32.7 Å². The van der Waals surface area contributed by atoms with Crippen molar-refractivity contribution in [2.24, 2.45) is 17.3 Å². The molecule has 0 spiro atoms.